The van der Waals surface area contributed by atoms with E-state index in [1.165, 1.54) is 19.2 Å². The Kier molecular flexibility index (Phi) is 4.26. The van der Waals surface area contributed by atoms with Crippen molar-refractivity contribution in [3.8, 4) is 5.75 Å². The van der Waals surface area contributed by atoms with E-state index in [-0.39, 0.29) is 30.1 Å². The fourth-order valence-corrected chi connectivity index (χ4v) is 2.47. The van der Waals surface area contributed by atoms with Crippen molar-refractivity contribution in [1.29, 1.82) is 0 Å². The van der Waals surface area contributed by atoms with Crippen LogP contribution in [0.3, 0.4) is 0 Å². The number of aromatic hydroxyl groups is 1. The quantitative estimate of drug-likeness (QED) is 0.582. The highest BCUT2D eigenvalue weighted by Crippen LogP contribution is 2.20. The molecule has 1 atom stereocenters. The molecular formula is C13H13IN2O4. The first-order chi connectivity index (χ1) is 9.40. The number of carbonyl (C=O) groups excluding carboxylic acids is 3. The van der Waals surface area contributed by atoms with Crippen molar-refractivity contribution in [2.24, 2.45) is 0 Å². The summed E-state index contributed by atoms with van der Waals surface area (Å²) >= 11 is 2.03. The summed E-state index contributed by atoms with van der Waals surface area (Å²) in [7, 11) is 1.39. The summed E-state index contributed by atoms with van der Waals surface area (Å²) in [5.74, 6) is -1.35. The van der Waals surface area contributed by atoms with Gasteiger partial charge in [0.1, 0.15) is 11.8 Å². The van der Waals surface area contributed by atoms with Crippen LogP contribution in [0.15, 0.2) is 18.2 Å². The van der Waals surface area contributed by atoms with Gasteiger partial charge in [0, 0.05) is 17.0 Å². The van der Waals surface area contributed by atoms with Crippen LogP contribution in [0.1, 0.15) is 23.2 Å². The Hall–Kier alpha value is -1.64. The Morgan fingerprint density at radius 3 is 2.85 bits per heavy atom. The third-order valence-electron chi connectivity index (χ3n) is 3.16. The molecule has 1 aromatic carbocycles. The van der Waals surface area contributed by atoms with Crippen LogP contribution < -0.4 is 5.32 Å². The van der Waals surface area contributed by atoms with E-state index in [0.29, 0.717) is 0 Å². The summed E-state index contributed by atoms with van der Waals surface area (Å²) in [6, 6.07) is 3.90. The molecule has 2 N–H and O–H groups in total. The number of hydrogen-bond donors (Lipinski definition) is 2. The van der Waals surface area contributed by atoms with Gasteiger partial charge in [0.15, 0.2) is 0 Å². The number of piperidine rings is 1. The number of hydrogen-bond acceptors (Lipinski definition) is 4. The maximum atomic E-state index is 12.1. The highest BCUT2D eigenvalue weighted by molar-refractivity contribution is 14.1. The number of phenols is 1. The summed E-state index contributed by atoms with van der Waals surface area (Å²) in [5, 5.41) is 12.2. The molecule has 0 aliphatic carbocycles. The number of nitrogens with one attached hydrogen (secondary N) is 1. The molecule has 1 aliphatic rings. The van der Waals surface area contributed by atoms with Crippen LogP contribution in [0.4, 0.5) is 0 Å². The highest BCUT2D eigenvalue weighted by atomic mass is 127. The molecule has 1 unspecified atom stereocenters. The Balaban J connectivity index is 2.14. The monoisotopic (exact) mass is 388 g/mol. The molecule has 1 aliphatic heterocycles. The van der Waals surface area contributed by atoms with Crippen molar-refractivity contribution in [2.75, 3.05) is 7.05 Å². The number of rotatable bonds is 2. The van der Waals surface area contributed by atoms with Crippen molar-refractivity contribution in [3.05, 3.63) is 27.3 Å². The summed E-state index contributed by atoms with van der Waals surface area (Å²) in [6.07, 6.45) is 0.490. The Morgan fingerprint density at radius 1 is 1.45 bits per heavy atom. The van der Waals surface area contributed by atoms with Crippen molar-refractivity contribution >= 4 is 40.3 Å². The maximum absolute atomic E-state index is 12.1. The Labute approximate surface area is 129 Å². The second-order valence-electron chi connectivity index (χ2n) is 4.52. The molecule has 0 saturated carbocycles. The van der Waals surface area contributed by atoms with Crippen LogP contribution in [-0.2, 0) is 9.59 Å². The average molecular weight is 388 g/mol. The number of amides is 3. The first kappa shape index (κ1) is 14.8. The SMILES string of the molecule is CN1C(=O)CCC(NC(=O)c2cc(I)ccc2O)C1=O. The molecule has 1 aromatic rings. The molecule has 1 saturated heterocycles. The normalized spacial score (nSPS) is 19.1. The number of nitrogens with zero attached hydrogens (tertiary/aromatic N) is 1. The number of imide groups is 1. The Morgan fingerprint density at radius 2 is 2.15 bits per heavy atom. The number of carbonyl (C=O) groups is 3. The number of likely N-dealkylation sites (tertiary alicyclic amines) is 1. The van der Waals surface area contributed by atoms with Crippen molar-refractivity contribution in [1.82, 2.24) is 10.2 Å². The second kappa shape index (κ2) is 5.78. The third-order valence-corrected chi connectivity index (χ3v) is 3.83. The molecule has 1 heterocycles. The highest BCUT2D eigenvalue weighted by Gasteiger charge is 2.33. The lowest BCUT2D eigenvalue weighted by molar-refractivity contribution is -0.147. The molecule has 0 aromatic heterocycles. The Bertz CT molecular complexity index is 588. The van der Waals surface area contributed by atoms with Crippen molar-refractivity contribution < 1.29 is 19.5 Å². The molecule has 0 radical (unpaired) electrons. The molecule has 1 fully saturated rings. The van der Waals surface area contributed by atoms with Crippen LogP contribution in [0.5, 0.6) is 5.75 Å². The topological polar surface area (TPSA) is 86.7 Å². The molecular weight excluding hydrogens is 375 g/mol. The smallest absolute Gasteiger partial charge is 0.255 e. The largest absolute Gasteiger partial charge is 0.507 e. The van der Waals surface area contributed by atoms with E-state index in [9.17, 15) is 19.5 Å². The number of benzene rings is 1. The van der Waals surface area contributed by atoms with Gasteiger partial charge in [0.2, 0.25) is 5.91 Å². The maximum Gasteiger partial charge on any atom is 0.255 e. The first-order valence-corrected chi connectivity index (χ1v) is 7.08. The zero-order valence-electron chi connectivity index (χ0n) is 10.7. The van der Waals surface area contributed by atoms with Crippen LogP contribution in [0, 0.1) is 3.57 Å². The van der Waals surface area contributed by atoms with E-state index >= 15 is 0 Å². The lowest BCUT2D eigenvalue weighted by Gasteiger charge is -2.28. The first-order valence-electron chi connectivity index (χ1n) is 6.00. The van der Waals surface area contributed by atoms with Gasteiger partial charge < -0.3 is 10.4 Å². The zero-order chi connectivity index (χ0) is 14.9. The van der Waals surface area contributed by atoms with Crippen LogP contribution >= 0.6 is 22.6 Å². The van der Waals surface area contributed by atoms with Crippen molar-refractivity contribution in [3.63, 3.8) is 0 Å². The van der Waals surface area contributed by atoms with E-state index in [1.807, 2.05) is 22.6 Å². The minimum Gasteiger partial charge on any atom is -0.507 e. The van der Waals surface area contributed by atoms with Gasteiger partial charge in [-0.05, 0) is 47.2 Å². The zero-order valence-corrected chi connectivity index (χ0v) is 12.9. The summed E-state index contributed by atoms with van der Waals surface area (Å²) in [5.41, 5.74) is 0.115. The minimum absolute atomic E-state index is 0.115. The van der Waals surface area contributed by atoms with E-state index in [1.54, 1.807) is 6.07 Å². The predicted molar refractivity (Wildman–Crippen MR) is 79.1 cm³/mol. The molecule has 106 valence electrons. The van der Waals surface area contributed by atoms with Gasteiger partial charge in [-0.15, -0.1) is 0 Å². The lowest BCUT2D eigenvalue weighted by atomic mass is 10.0. The molecule has 0 spiro atoms. The van der Waals surface area contributed by atoms with Crippen molar-refractivity contribution in [2.45, 2.75) is 18.9 Å². The third kappa shape index (κ3) is 2.92. The number of halogens is 1. The minimum atomic E-state index is -0.734. The molecule has 20 heavy (non-hydrogen) atoms. The molecule has 7 heteroatoms. The van der Waals surface area contributed by atoms with Gasteiger partial charge in [-0.2, -0.15) is 0 Å². The average Bonchev–Trinajstić information content (AvgIpc) is 2.42. The lowest BCUT2D eigenvalue weighted by Crippen LogP contribution is -2.52. The summed E-state index contributed by atoms with van der Waals surface area (Å²) < 4.78 is 0.799. The fourth-order valence-electron chi connectivity index (χ4n) is 1.98. The summed E-state index contributed by atoms with van der Waals surface area (Å²) in [4.78, 5) is 36.3. The standard InChI is InChI=1S/C13H13IN2O4/c1-16-11(18)5-3-9(13(16)20)15-12(19)8-6-7(14)2-4-10(8)17/h2,4,6,9,17H,3,5H2,1H3,(H,15,19). The second-order valence-corrected chi connectivity index (χ2v) is 5.76. The molecule has 2 rings (SSSR count). The van der Waals surface area contributed by atoms with E-state index in [0.717, 1.165) is 8.47 Å². The van der Waals surface area contributed by atoms with E-state index < -0.39 is 17.9 Å². The van der Waals surface area contributed by atoms with E-state index in [4.69, 9.17) is 0 Å². The van der Waals surface area contributed by atoms with Gasteiger partial charge in [-0.25, -0.2) is 0 Å². The predicted octanol–water partition coefficient (Wildman–Crippen LogP) is 0.874. The van der Waals surface area contributed by atoms with Gasteiger partial charge in [-0.1, -0.05) is 0 Å². The fraction of sp³-hybridized carbons (Fsp3) is 0.308. The van der Waals surface area contributed by atoms with Crippen LogP contribution in [0.2, 0.25) is 0 Å². The molecule has 6 nitrogen and oxygen atoms in total. The molecule has 0 bridgehead atoms. The van der Waals surface area contributed by atoms with Crippen LogP contribution in [-0.4, -0.2) is 40.8 Å². The van der Waals surface area contributed by atoms with Gasteiger partial charge in [0.05, 0.1) is 5.56 Å². The van der Waals surface area contributed by atoms with E-state index in [2.05, 4.69) is 5.32 Å². The number of phenolic OH excluding ortho intramolecular Hbond substituents is 1. The summed E-state index contributed by atoms with van der Waals surface area (Å²) in [6.45, 7) is 0. The number of likely N-dealkylation sites (N-methyl/N-ethyl adjacent to an activating group) is 1. The van der Waals surface area contributed by atoms with Gasteiger partial charge >= 0.3 is 0 Å². The molecule has 3 amide bonds. The van der Waals surface area contributed by atoms with Gasteiger partial charge in [0.25, 0.3) is 11.8 Å². The van der Waals surface area contributed by atoms with Gasteiger partial charge in [-0.3, -0.25) is 19.3 Å². The van der Waals surface area contributed by atoms with Crippen LogP contribution in [0.25, 0.3) is 0 Å².